The number of benzene rings is 1. The van der Waals surface area contributed by atoms with E-state index < -0.39 is 0 Å². The SMILES string of the molecule is CN=C(NCc1cccc(N(C)C)c1)N1CCC2(CCCC2)C1. The molecular weight excluding hydrogens is 284 g/mol. The molecule has 3 rings (SSSR count). The molecule has 4 nitrogen and oxygen atoms in total. The fourth-order valence-corrected chi connectivity index (χ4v) is 4.11. The van der Waals surface area contributed by atoms with E-state index in [9.17, 15) is 0 Å². The second-order valence-electron chi connectivity index (χ2n) is 7.34. The highest BCUT2D eigenvalue weighted by atomic mass is 15.3. The molecule has 0 unspecified atom stereocenters. The second-order valence-corrected chi connectivity index (χ2v) is 7.34. The molecule has 0 aromatic heterocycles. The summed E-state index contributed by atoms with van der Waals surface area (Å²) in [6.45, 7) is 3.17. The summed E-state index contributed by atoms with van der Waals surface area (Å²) in [5.41, 5.74) is 3.13. The Balaban J connectivity index is 1.59. The van der Waals surface area contributed by atoms with Crippen LogP contribution in [-0.2, 0) is 6.54 Å². The molecule has 1 N–H and O–H groups in total. The first-order valence-electron chi connectivity index (χ1n) is 8.84. The summed E-state index contributed by atoms with van der Waals surface area (Å²) >= 11 is 0. The van der Waals surface area contributed by atoms with E-state index in [4.69, 9.17) is 0 Å². The minimum Gasteiger partial charge on any atom is -0.378 e. The van der Waals surface area contributed by atoms with Gasteiger partial charge in [-0.1, -0.05) is 25.0 Å². The Bertz CT molecular complexity index is 558. The third kappa shape index (κ3) is 3.62. The zero-order valence-electron chi connectivity index (χ0n) is 14.8. The lowest BCUT2D eigenvalue weighted by atomic mass is 9.86. The van der Waals surface area contributed by atoms with E-state index >= 15 is 0 Å². The highest BCUT2D eigenvalue weighted by Gasteiger charge is 2.40. The number of nitrogens with one attached hydrogen (secondary N) is 1. The van der Waals surface area contributed by atoms with Gasteiger partial charge in [-0.2, -0.15) is 0 Å². The Labute approximate surface area is 140 Å². The normalized spacial score (nSPS) is 20.3. The topological polar surface area (TPSA) is 30.9 Å². The molecule has 1 heterocycles. The van der Waals surface area contributed by atoms with Crippen LogP contribution >= 0.6 is 0 Å². The van der Waals surface area contributed by atoms with Gasteiger partial charge in [0.05, 0.1) is 0 Å². The lowest BCUT2D eigenvalue weighted by Crippen LogP contribution is -2.40. The molecule has 1 spiro atoms. The maximum absolute atomic E-state index is 4.52. The largest absolute Gasteiger partial charge is 0.378 e. The summed E-state index contributed by atoms with van der Waals surface area (Å²) in [4.78, 5) is 9.12. The first-order valence-corrected chi connectivity index (χ1v) is 8.84. The summed E-state index contributed by atoms with van der Waals surface area (Å²) in [7, 11) is 6.06. The van der Waals surface area contributed by atoms with E-state index in [1.165, 1.54) is 49.9 Å². The molecule has 1 aliphatic heterocycles. The van der Waals surface area contributed by atoms with E-state index in [-0.39, 0.29) is 0 Å². The molecule has 0 radical (unpaired) electrons. The number of likely N-dealkylation sites (tertiary alicyclic amines) is 1. The third-order valence-electron chi connectivity index (χ3n) is 5.49. The predicted octanol–water partition coefficient (Wildman–Crippen LogP) is 3.09. The summed E-state index contributed by atoms with van der Waals surface area (Å²) in [6.07, 6.45) is 6.98. The number of hydrogen-bond acceptors (Lipinski definition) is 2. The van der Waals surface area contributed by atoms with Crippen molar-refractivity contribution in [3.63, 3.8) is 0 Å². The maximum Gasteiger partial charge on any atom is 0.193 e. The molecule has 1 aromatic carbocycles. The number of nitrogens with zero attached hydrogens (tertiary/aromatic N) is 3. The molecule has 1 aromatic rings. The number of hydrogen-bond donors (Lipinski definition) is 1. The van der Waals surface area contributed by atoms with Crippen molar-refractivity contribution in [3.8, 4) is 0 Å². The smallest absolute Gasteiger partial charge is 0.193 e. The van der Waals surface area contributed by atoms with Crippen molar-refractivity contribution in [3.05, 3.63) is 29.8 Å². The minimum absolute atomic E-state index is 0.586. The van der Waals surface area contributed by atoms with Crippen LogP contribution in [0.15, 0.2) is 29.3 Å². The highest BCUT2D eigenvalue weighted by molar-refractivity contribution is 5.80. The Kier molecular flexibility index (Phi) is 4.79. The van der Waals surface area contributed by atoms with Crippen LogP contribution in [0, 0.1) is 5.41 Å². The average molecular weight is 314 g/mol. The van der Waals surface area contributed by atoms with Crippen molar-refractivity contribution in [1.82, 2.24) is 10.2 Å². The molecule has 4 heteroatoms. The van der Waals surface area contributed by atoms with E-state index in [1.54, 1.807) is 0 Å². The van der Waals surface area contributed by atoms with E-state index in [1.807, 2.05) is 7.05 Å². The fourth-order valence-electron chi connectivity index (χ4n) is 4.11. The lowest BCUT2D eigenvalue weighted by molar-refractivity contribution is 0.309. The summed E-state index contributed by atoms with van der Waals surface area (Å²) in [5.74, 6) is 1.06. The number of anilines is 1. The van der Waals surface area contributed by atoms with Gasteiger partial charge in [0, 0.05) is 46.5 Å². The summed E-state index contributed by atoms with van der Waals surface area (Å²) in [5, 5.41) is 3.56. The van der Waals surface area contributed by atoms with Gasteiger partial charge in [-0.05, 0) is 42.4 Å². The zero-order chi connectivity index (χ0) is 16.3. The molecule has 2 aliphatic rings. The molecule has 0 bridgehead atoms. The van der Waals surface area contributed by atoms with Crippen LogP contribution in [-0.4, -0.2) is 45.1 Å². The minimum atomic E-state index is 0.586. The second kappa shape index (κ2) is 6.81. The van der Waals surface area contributed by atoms with Crippen molar-refractivity contribution in [2.24, 2.45) is 10.4 Å². The van der Waals surface area contributed by atoms with Gasteiger partial charge in [0.1, 0.15) is 0 Å². The molecule has 1 saturated carbocycles. The monoisotopic (exact) mass is 314 g/mol. The van der Waals surface area contributed by atoms with Crippen molar-refractivity contribution in [1.29, 1.82) is 0 Å². The molecule has 0 atom stereocenters. The Hall–Kier alpha value is -1.71. The van der Waals surface area contributed by atoms with Crippen LogP contribution in [0.1, 0.15) is 37.7 Å². The molecular formula is C19H30N4. The van der Waals surface area contributed by atoms with E-state index in [0.29, 0.717) is 5.41 Å². The van der Waals surface area contributed by atoms with Gasteiger partial charge in [-0.15, -0.1) is 0 Å². The van der Waals surface area contributed by atoms with Gasteiger partial charge in [-0.3, -0.25) is 4.99 Å². The molecule has 1 aliphatic carbocycles. The first kappa shape index (κ1) is 16.2. The van der Waals surface area contributed by atoms with Gasteiger partial charge in [0.25, 0.3) is 0 Å². The summed E-state index contributed by atoms with van der Waals surface area (Å²) in [6, 6.07) is 8.68. The number of aliphatic imine (C=N–C) groups is 1. The van der Waals surface area contributed by atoms with Crippen molar-refractivity contribution >= 4 is 11.6 Å². The Morgan fingerprint density at radius 2 is 2.04 bits per heavy atom. The van der Waals surface area contributed by atoms with Crippen molar-refractivity contribution in [2.75, 3.05) is 39.1 Å². The highest BCUT2D eigenvalue weighted by Crippen LogP contribution is 2.45. The van der Waals surface area contributed by atoms with Crippen molar-refractivity contribution < 1.29 is 0 Å². The predicted molar refractivity (Wildman–Crippen MR) is 98.1 cm³/mol. The Morgan fingerprint density at radius 3 is 2.74 bits per heavy atom. The number of guanidine groups is 1. The van der Waals surface area contributed by atoms with Crippen LogP contribution in [0.2, 0.25) is 0 Å². The van der Waals surface area contributed by atoms with Gasteiger partial charge in [-0.25, -0.2) is 0 Å². The lowest BCUT2D eigenvalue weighted by Gasteiger charge is -2.26. The summed E-state index contributed by atoms with van der Waals surface area (Å²) < 4.78 is 0. The van der Waals surface area contributed by atoms with E-state index in [0.717, 1.165) is 19.0 Å². The molecule has 1 saturated heterocycles. The standard InChI is InChI=1S/C19H30N4/c1-20-18(23-12-11-19(15-23)9-4-5-10-19)21-14-16-7-6-8-17(13-16)22(2)3/h6-8,13H,4-5,9-12,14-15H2,1-3H3,(H,20,21). The van der Waals surface area contributed by atoms with Crippen LogP contribution < -0.4 is 10.2 Å². The van der Waals surface area contributed by atoms with Crippen LogP contribution in [0.25, 0.3) is 0 Å². The molecule has 23 heavy (non-hydrogen) atoms. The third-order valence-corrected chi connectivity index (χ3v) is 5.49. The van der Waals surface area contributed by atoms with Crippen LogP contribution in [0.3, 0.4) is 0 Å². The van der Waals surface area contributed by atoms with Crippen molar-refractivity contribution in [2.45, 2.75) is 38.6 Å². The van der Waals surface area contributed by atoms with Gasteiger partial charge < -0.3 is 15.1 Å². The Morgan fingerprint density at radius 1 is 1.26 bits per heavy atom. The first-order chi connectivity index (χ1) is 11.1. The van der Waals surface area contributed by atoms with Gasteiger partial charge >= 0.3 is 0 Å². The average Bonchev–Trinajstić information content (AvgIpc) is 3.19. The quantitative estimate of drug-likeness (QED) is 0.687. The number of rotatable bonds is 3. The molecule has 126 valence electrons. The van der Waals surface area contributed by atoms with E-state index in [2.05, 4.69) is 58.5 Å². The molecule has 0 amide bonds. The van der Waals surface area contributed by atoms with Gasteiger partial charge in [0.2, 0.25) is 0 Å². The zero-order valence-corrected chi connectivity index (χ0v) is 14.8. The maximum atomic E-state index is 4.52. The van der Waals surface area contributed by atoms with Gasteiger partial charge in [0.15, 0.2) is 5.96 Å². The fraction of sp³-hybridized carbons (Fsp3) is 0.632. The molecule has 2 fully saturated rings. The van der Waals surface area contributed by atoms with Crippen LogP contribution in [0.4, 0.5) is 5.69 Å². The van der Waals surface area contributed by atoms with Crippen LogP contribution in [0.5, 0.6) is 0 Å².